The van der Waals surface area contributed by atoms with Gasteiger partial charge in [-0.1, -0.05) is 27.7 Å². The number of aromatic nitrogens is 2. The maximum absolute atomic E-state index is 6.02. The molecule has 0 spiro atoms. The molecule has 1 unspecified atom stereocenters. The molecule has 2 rings (SSSR count). The molecule has 1 aromatic heterocycles. The minimum Gasteiger partial charge on any atom is -0.384 e. The van der Waals surface area contributed by atoms with E-state index in [4.69, 9.17) is 10.5 Å². The summed E-state index contributed by atoms with van der Waals surface area (Å²) >= 11 is 0. The highest BCUT2D eigenvalue weighted by Gasteiger charge is 2.34. The van der Waals surface area contributed by atoms with E-state index in [0.29, 0.717) is 11.9 Å². The molecule has 1 fully saturated rings. The van der Waals surface area contributed by atoms with Gasteiger partial charge in [-0.15, -0.1) is 0 Å². The molecular weight excluding hydrogens is 264 g/mol. The Morgan fingerprint density at radius 2 is 2.10 bits per heavy atom. The Kier molecular flexibility index (Phi) is 5.04. The molecule has 1 aromatic rings. The molecule has 5 nitrogen and oxygen atoms in total. The molecule has 21 heavy (non-hydrogen) atoms. The van der Waals surface area contributed by atoms with Crippen molar-refractivity contribution in [3.63, 3.8) is 0 Å². The van der Waals surface area contributed by atoms with Crippen LogP contribution in [0.25, 0.3) is 0 Å². The van der Waals surface area contributed by atoms with Gasteiger partial charge in [0.1, 0.15) is 17.5 Å². The predicted octanol–water partition coefficient (Wildman–Crippen LogP) is 3.33. The normalized spacial score (nSPS) is 21.5. The number of nitrogens with one attached hydrogen (secondary N) is 1. The summed E-state index contributed by atoms with van der Waals surface area (Å²) < 4.78 is 6.02. The smallest absolute Gasteiger partial charge is 0.135 e. The average Bonchev–Trinajstić information content (AvgIpc) is 2.46. The third kappa shape index (κ3) is 3.84. The number of hydrogen-bond acceptors (Lipinski definition) is 5. The Balaban J connectivity index is 2.11. The summed E-state index contributed by atoms with van der Waals surface area (Å²) in [7, 11) is 0. The molecule has 0 aromatic carbocycles. The zero-order chi connectivity index (χ0) is 15.5. The van der Waals surface area contributed by atoms with E-state index in [-0.39, 0.29) is 11.5 Å². The molecule has 1 atom stereocenters. The van der Waals surface area contributed by atoms with Gasteiger partial charge in [0.15, 0.2) is 0 Å². The molecule has 1 saturated heterocycles. The Bertz CT molecular complexity index is 471. The van der Waals surface area contributed by atoms with E-state index in [2.05, 4.69) is 43.0 Å². The second-order valence-corrected chi connectivity index (χ2v) is 6.26. The van der Waals surface area contributed by atoms with E-state index in [1.165, 1.54) is 0 Å². The Hall–Kier alpha value is -1.36. The van der Waals surface area contributed by atoms with E-state index < -0.39 is 0 Å². The van der Waals surface area contributed by atoms with Gasteiger partial charge in [-0.3, -0.25) is 0 Å². The summed E-state index contributed by atoms with van der Waals surface area (Å²) in [4.78, 5) is 8.87. The van der Waals surface area contributed by atoms with Gasteiger partial charge in [0.05, 0.1) is 5.60 Å². The molecule has 5 heteroatoms. The first-order valence-electron chi connectivity index (χ1n) is 8.03. The maximum Gasteiger partial charge on any atom is 0.135 e. The summed E-state index contributed by atoms with van der Waals surface area (Å²) in [5, 5.41) is 3.53. The van der Waals surface area contributed by atoms with Crippen LogP contribution in [0, 0.1) is 0 Å². The fourth-order valence-electron chi connectivity index (χ4n) is 2.92. The first kappa shape index (κ1) is 16.0. The Morgan fingerprint density at radius 3 is 2.71 bits per heavy atom. The molecule has 1 aliphatic rings. The lowest BCUT2D eigenvalue weighted by Crippen LogP contribution is -2.43. The van der Waals surface area contributed by atoms with Crippen LogP contribution in [-0.2, 0) is 4.74 Å². The van der Waals surface area contributed by atoms with E-state index in [9.17, 15) is 0 Å². The van der Waals surface area contributed by atoms with Crippen LogP contribution in [0.2, 0.25) is 0 Å². The van der Waals surface area contributed by atoms with Gasteiger partial charge >= 0.3 is 0 Å². The molecule has 118 valence electrons. The zero-order valence-corrected chi connectivity index (χ0v) is 13.6. The predicted molar refractivity (Wildman–Crippen MR) is 86.4 cm³/mol. The van der Waals surface area contributed by atoms with Crippen molar-refractivity contribution in [2.45, 2.75) is 70.9 Å². The highest BCUT2D eigenvalue weighted by Crippen LogP contribution is 2.32. The zero-order valence-electron chi connectivity index (χ0n) is 13.6. The van der Waals surface area contributed by atoms with Crippen molar-refractivity contribution in [1.29, 1.82) is 0 Å². The number of nitrogens with zero attached hydrogens (tertiary/aromatic N) is 2. The molecule has 2 heterocycles. The highest BCUT2D eigenvalue weighted by atomic mass is 16.5. The fraction of sp³-hybridized carbons (Fsp3) is 0.750. The third-order valence-corrected chi connectivity index (χ3v) is 4.41. The van der Waals surface area contributed by atoms with E-state index in [1.807, 2.05) is 6.07 Å². The molecule has 0 amide bonds. The second-order valence-electron chi connectivity index (χ2n) is 6.26. The van der Waals surface area contributed by atoms with Crippen LogP contribution in [0.5, 0.6) is 0 Å². The monoisotopic (exact) mass is 292 g/mol. The van der Waals surface area contributed by atoms with Gasteiger partial charge in [0, 0.05) is 24.6 Å². The summed E-state index contributed by atoms with van der Waals surface area (Å²) in [5.41, 5.74) is 5.90. The highest BCUT2D eigenvalue weighted by molar-refractivity contribution is 5.45. The van der Waals surface area contributed by atoms with Crippen molar-refractivity contribution in [2.75, 3.05) is 17.7 Å². The molecule has 0 saturated carbocycles. The van der Waals surface area contributed by atoms with Crippen molar-refractivity contribution in [3.8, 4) is 0 Å². The largest absolute Gasteiger partial charge is 0.384 e. The van der Waals surface area contributed by atoms with Crippen LogP contribution in [0.15, 0.2) is 6.07 Å². The van der Waals surface area contributed by atoms with Crippen molar-refractivity contribution in [2.24, 2.45) is 0 Å². The van der Waals surface area contributed by atoms with Crippen LogP contribution in [-0.4, -0.2) is 28.2 Å². The first-order chi connectivity index (χ1) is 9.98. The summed E-state index contributed by atoms with van der Waals surface area (Å²) in [6.07, 6.45) is 4.11. The van der Waals surface area contributed by atoms with E-state index in [0.717, 1.165) is 43.9 Å². The van der Waals surface area contributed by atoms with E-state index in [1.54, 1.807) is 0 Å². The topological polar surface area (TPSA) is 73.1 Å². The number of ether oxygens (including phenoxy) is 1. The van der Waals surface area contributed by atoms with Gasteiger partial charge in [-0.2, -0.15) is 0 Å². The van der Waals surface area contributed by atoms with Crippen molar-refractivity contribution < 1.29 is 4.74 Å². The number of anilines is 2. The number of rotatable bonds is 5. The number of nitrogens with two attached hydrogens (primary N) is 1. The van der Waals surface area contributed by atoms with Crippen molar-refractivity contribution in [3.05, 3.63) is 11.9 Å². The molecule has 0 aliphatic carbocycles. The van der Waals surface area contributed by atoms with Gasteiger partial charge < -0.3 is 15.8 Å². The van der Waals surface area contributed by atoms with Crippen LogP contribution < -0.4 is 11.1 Å². The quantitative estimate of drug-likeness (QED) is 0.871. The minimum absolute atomic E-state index is 0.00930. The van der Waals surface area contributed by atoms with Crippen molar-refractivity contribution >= 4 is 11.6 Å². The molecule has 0 radical (unpaired) electrons. The summed E-state index contributed by atoms with van der Waals surface area (Å²) in [6.45, 7) is 9.35. The molecular formula is C16H28N4O. The van der Waals surface area contributed by atoms with Crippen LogP contribution in [0.1, 0.15) is 65.1 Å². The van der Waals surface area contributed by atoms with E-state index >= 15 is 0 Å². The second kappa shape index (κ2) is 6.60. The minimum atomic E-state index is 0.00930. The lowest BCUT2D eigenvalue weighted by molar-refractivity contribution is -0.0864. The number of hydrogen-bond donors (Lipinski definition) is 2. The van der Waals surface area contributed by atoms with Crippen LogP contribution >= 0.6 is 0 Å². The fourth-order valence-corrected chi connectivity index (χ4v) is 2.92. The van der Waals surface area contributed by atoms with Gasteiger partial charge in [0.2, 0.25) is 0 Å². The summed E-state index contributed by atoms with van der Waals surface area (Å²) in [6, 6.07) is 2.20. The SMILES string of the molecule is CCC1(CC)CC(Nc2cc(N)nc(C(C)C)n2)CCO1. The van der Waals surface area contributed by atoms with Gasteiger partial charge in [0.25, 0.3) is 0 Å². The third-order valence-electron chi connectivity index (χ3n) is 4.41. The number of nitrogen functional groups attached to an aromatic ring is 1. The molecule has 0 bridgehead atoms. The maximum atomic E-state index is 6.02. The Morgan fingerprint density at radius 1 is 1.38 bits per heavy atom. The van der Waals surface area contributed by atoms with Crippen molar-refractivity contribution in [1.82, 2.24) is 9.97 Å². The van der Waals surface area contributed by atoms with Crippen LogP contribution in [0.4, 0.5) is 11.6 Å². The lowest BCUT2D eigenvalue weighted by Gasteiger charge is -2.40. The molecule has 1 aliphatic heterocycles. The van der Waals surface area contributed by atoms with Crippen LogP contribution in [0.3, 0.4) is 0 Å². The lowest BCUT2D eigenvalue weighted by atomic mass is 9.86. The Labute approximate surface area is 127 Å². The summed E-state index contributed by atoms with van der Waals surface area (Å²) in [5.74, 6) is 2.43. The standard InChI is InChI=1S/C16H28N4O/c1-5-16(6-2)10-12(7-8-21-16)18-14-9-13(17)19-15(20-14)11(3)4/h9,11-12H,5-8,10H2,1-4H3,(H3,17,18,19,20). The van der Waals surface area contributed by atoms with Gasteiger partial charge in [-0.05, 0) is 25.7 Å². The first-order valence-corrected chi connectivity index (χ1v) is 8.03. The molecule has 3 N–H and O–H groups in total. The van der Waals surface area contributed by atoms with Gasteiger partial charge in [-0.25, -0.2) is 9.97 Å². The average molecular weight is 292 g/mol.